The van der Waals surface area contributed by atoms with E-state index in [1.807, 2.05) is 17.2 Å². The number of aromatic amines is 1. The maximum Gasteiger partial charge on any atom is 0.251 e. The van der Waals surface area contributed by atoms with Crippen LogP contribution in [0.1, 0.15) is 12.8 Å². The number of hydrogen-bond donors (Lipinski definition) is 1. The van der Waals surface area contributed by atoms with Crippen molar-refractivity contribution in [2.24, 2.45) is 0 Å². The first kappa shape index (κ1) is 13.5. The lowest BCUT2D eigenvalue weighted by Gasteiger charge is -2.36. The molecule has 0 spiro atoms. The molecule has 7 heteroatoms. The van der Waals surface area contributed by atoms with Crippen LogP contribution in [-0.2, 0) is 9.53 Å². The van der Waals surface area contributed by atoms with Gasteiger partial charge in [0.05, 0.1) is 5.39 Å². The third-order valence-electron chi connectivity index (χ3n) is 4.43. The number of ether oxygens (including phenoxy) is 1. The molecule has 2 saturated heterocycles. The molecule has 2 aliphatic heterocycles. The number of H-pyrrole nitrogens is 1. The van der Waals surface area contributed by atoms with E-state index in [2.05, 4.69) is 19.9 Å². The van der Waals surface area contributed by atoms with Crippen molar-refractivity contribution in [3.63, 3.8) is 0 Å². The molecule has 1 amide bonds. The molecule has 0 bridgehead atoms. The molecule has 1 atom stereocenters. The number of nitrogens with zero attached hydrogens (tertiary/aromatic N) is 4. The topological polar surface area (TPSA) is 74.3 Å². The van der Waals surface area contributed by atoms with E-state index in [0.717, 1.165) is 42.8 Å². The van der Waals surface area contributed by atoms with Crippen molar-refractivity contribution in [2.45, 2.75) is 18.9 Å². The average Bonchev–Trinajstić information content (AvgIpc) is 3.25. The fourth-order valence-electron chi connectivity index (χ4n) is 3.23. The van der Waals surface area contributed by atoms with Gasteiger partial charge in [0.15, 0.2) is 0 Å². The van der Waals surface area contributed by atoms with Gasteiger partial charge in [-0.2, -0.15) is 0 Å². The zero-order valence-corrected chi connectivity index (χ0v) is 12.4. The Labute approximate surface area is 128 Å². The van der Waals surface area contributed by atoms with Crippen LogP contribution in [0.25, 0.3) is 11.0 Å². The van der Waals surface area contributed by atoms with Crippen LogP contribution in [0.3, 0.4) is 0 Å². The standard InChI is InChI=1S/C15H19N5O2/c21-15(12-2-1-9-22-12)20-7-5-19(6-8-20)14-11-3-4-16-13(11)17-10-18-14/h3-4,10,12H,1-2,5-9H2,(H,16,17,18). The van der Waals surface area contributed by atoms with E-state index in [9.17, 15) is 4.79 Å². The Bertz CT molecular complexity index is 671. The van der Waals surface area contributed by atoms with Crippen molar-refractivity contribution in [1.82, 2.24) is 19.9 Å². The molecule has 2 fully saturated rings. The molecule has 1 N–H and O–H groups in total. The third kappa shape index (κ3) is 2.31. The van der Waals surface area contributed by atoms with E-state index < -0.39 is 0 Å². The minimum atomic E-state index is -0.220. The molecule has 2 aliphatic rings. The van der Waals surface area contributed by atoms with Gasteiger partial charge in [-0.3, -0.25) is 4.79 Å². The number of fused-ring (bicyclic) bond motifs is 1. The van der Waals surface area contributed by atoms with Gasteiger partial charge in [-0.15, -0.1) is 0 Å². The summed E-state index contributed by atoms with van der Waals surface area (Å²) in [5.41, 5.74) is 0.850. The maximum atomic E-state index is 12.4. The van der Waals surface area contributed by atoms with Crippen LogP contribution < -0.4 is 4.90 Å². The van der Waals surface area contributed by atoms with Crippen LogP contribution in [0.2, 0.25) is 0 Å². The highest BCUT2D eigenvalue weighted by Crippen LogP contribution is 2.23. The molecule has 1 unspecified atom stereocenters. The lowest BCUT2D eigenvalue weighted by molar-refractivity contribution is -0.141. The van der Waals surface area contributed by atoms with Gasteiger partial charge in [0, 0.05) is 39.0 Å². The first-order valence-electron chi connectivity index (χ1n) is 7.76. The molecule has 0 saturated carbocycles. The van der Waals surface area contributed by atoms with Gasteiger partial charge in [-0.1, -0.05) is 0 Å². The van der Waals surface area contributed by atoms with Crippen molar-refractivity contribution in [3.8, 4) is 0 Å². The second-order valence-corrected chi connectivity index (χ2v) is 5.75. The average molecular weight is 301 g/mol. The second kappa shape index (κ2) is 5.57. The lowest BCUT2D eigenvalue weighted by atomic mass is 10.2. The van der Waals surface area contributed by atoms with Gasteiger partial charge in [0.2, 0.25) is 0 Å². The van der Waals surface area contributed by atoms with Crippen molar-refractivity contribution in [2.75, 3.05) is 37.7 Å². The van der Waals surface area contributed by atoms with Crippen molar-refractivity contribution in [1.29, 1.82) is 0 Å². The summed E-state index contributed by atoms with van der Waals surface area (Å²) in [7, 11) is 0. The monoisotopic (exact) mass is 301 g/mol. The third-order valence-corrected chi connectivity index (χ3v) is 4.43. The number of aromatic nitrogens is 3. The van der Waals surface area contributed by atoms with Crippen molar-refractivity contribution >= 4 is 22.8 Å². The molecule has 0 aliphatic carbocycles. The number of carbonyl (C=O) groups is 1. The summed E-state index contributed by atoms with van der Waals surface area (Å²) in [4.78, 5) is 28.2. The Morgan fingerprint density at radius 3 is 2.91 bits per heavy atom. The molecular formula is C15H19N5O2. The highest BCUT2D eigenvalue weighted by molar-refractivity contribution is 5.87. The summed E-state index contributed by atoms with van der Waals surface area (Å²) in [5, 5.41) is 1.03. The minimum absolute atomic E-state index is 0.145. The summed E-state index contributed by atoms with van der Waals surface area (Å²) in [6.07, 6.45) is 5.08. The first-order chi connectivity index (χ1) is 10.8. The predicted molar refractivity (Wildman–Crippen MR) is 81.7 cm³/mol. The summed E-state index contributed by atoms with van der Waals surface area (Å²) in [6, 6.07) is 1.99. The quantitative estimate of drug-likeness (QED) is 0.887. The largest absolute Gasteiger partial charge is 0.368 e. The second-order valence-electron chi connectivity index (χ2n) is 5.75. The van der Waals surface area contributed by atoms with Crippen molar-refractivity contribution in [3.05, 3.63) is 18.6 Å². The Morgan fingerprint density at radius 2 is 2.14 bits per heavy atom. The van der Waals surface area contributed by atoms with Crippen LogP contribution in [0, 0.1) is 0 Å². The van der Waals surface area contributed by atoms with Gasteiger partial charge in [0.25, 0.3) is 5.91 Å². The summed E-state index contributed by atoms with van der Waals surface area (Å²) in [6.45, 7) is 3.72. The van der Waals surface area contributed by atoms with E-state index in [-0.39, 0.29) is 12.0 Å². The van der Waals surface area contributed by atoms with Crippen molar-refractivity contribution < 1.29 is 9.53 Å². The van der Waals surface area contributed by atoms with Gasteiger partial charge < -0.3 is 19.5 Å². The molecule has 22 heavy (non-hydrogen) atoms. The zero-order chi connectivity index (χ0) is 14.9. The first-order valence-corrected chi connectivity index (χ1v) is 7.76. The number of piperazine rings is 1. The molecule has 0 radical (unpaired) electrons. The van der Waals surface area contributed by atoms with Crippen LogP contribution in [0.5, 0.6) is 0 Å². The number of anilines is 1. The summed E-state index contributed by atoms with van der Waals surface area (Å²) < 4.78 is 5.50. The maximum absolute atomic E-state index is 12.4. The van der Waals surface area contributed by atoms with Gasteiger partial charge >= 0.3 is 0 Å². The predicted octanol–water partition coefficient (Wildman–Crippen LogP) is 0.785. The van der Waals surface area contributed by atoms with Crippen LogP contribution >= 0.6 is 0 Å². The molecule has 4 heterocycles. The zero-order valence-electron chi connectivity index (χ0n) is 12.4. The Hall–Kier alpha value is -2.15. The van der Waals surface area contributed by atoms with Crippen LogP contribution in [0.15, 0.2) is 18.6 Å². The van der Waals surface area contributed by atoms with E-state index in [1.165, 1.54) is 0 Å². The van der Waals surface area contributed by atoms with Gasteiger partial charge in [-0.05, 0) is 18.9 Å². The highest BCUT2D eigenvalue weighted by atomic mass is 16.5. The Morgan fingerprint density at radius 1 is 1.27 bits per heavy atom. The summed E-state index contributed by atoms with van der Waals surface area (Å²) >= 11 is 0. The molecular weight excluding hydrogens is 282 g/mol. The molecule has 116 valence electrons. The van der Waals surface area contributed by atoms with Gasteiger partial charge in [-0.25, -0.2) is 9.97 Å². The van der Waals surface area contributed by atoms with Crippen LogP contribution in [-0.4, -0.2) is 64.6 Å². The summed E-state index contributed by atoms with van der Waals surface area (Å²) in [5.74, 6) is 1.09. The molecule has 2 aromatic rings. The van der Waals surface area contributed by atoms with E-state index >= 15 is 0 Å². The minimum Gasteiger partial charge on any atom is -0.368 e. The molecule has 0 aromatic carbocycles. The SMILES string of the molecule is O=C(C1CCCO1)N1CCN(c2ncnc3[nH]ccc23)CC1. The molecule has 4 rings (SSSR count). The van der Waals surface area contributed by atoms with Gasteiger partial charge in [0.1, 0.15) is 23.9 Å². The lowest BCUT2D eigenvalue weighted by Crippen LogP contribution is -2.51. The highest BCUT2D eigenvalue weighted by Gasteiger charge is 2.30. The number of hydrogen-bond acceptors (Lipinski definition) is 5. The van der Waals surface area contributed by atoms with E-state index in [0.29, 0.717) is 19.7 Å². The number of amides is 1. The smallest absolute Gasteiger partial charge is 0.251 e. The Kier molecular flexibility index (Phi) is 3.42. The Balaban J connectivity index is 1.45. The van der Waals surface area contributed by atoms with E-state index in [1.54, 1.807) is 6.33 Å². The molecule has 2 aromatic heterocycles. The fourth-order valence-corrected chi connectivity index (χ4v) is 3.23. The number of rotatable bonds is 2. The fraction of sp³-hybridized carbons (Fsp3) is 0.533. The van der Waals surface area contributed by atoms with E-state index in [4.69, 9.17) is 4.74 Å². The molecule has 7 nitrogen and oxygen atoms in total. The normalized spacial score (nSPS) is 22.5. The number of nitrogens with one attached hydrogen (secondary N) is 1. The van der Waals surface area contributed by atoms with Crippen LogP contribution in [0.4, 0.5) is 5.82 Å². The number of carbonyl (C=O) groups excluding carboxylic acids is 1.